The average molecular weight is 473 g/mol. The first-order chi connectivity index (χ1) is 16.3. The number of amides is 1. The van der Waals surface area contributed by atoms with Gasteiger partial charge in [0.15, 0.2) is 0 Å². The molecule has 0 aromatic heterocycles. The van der Waals surface area contributed by atoms with Crippen molar-refractivity contribution in [1.82, 2.24) is 4.90 Å². The van der Waals surface area contributed by atoms with Crippen LogP contribution in [0.1, 0.15) is 29.2 Å². The number of ether oxygens (including phenoxy) is 2. The second-order valence-electron chi connectivity index (χ2n) is 7.66. The van der Waals surface area contributed by atoms with E-state index in [-0.39, 0.29) is 26.2 Å². The Labute approximate surface area is 196 Å². The van der Waals surface area contributed by atoms with Crippen LogP contribution in [0.2, 0.25) is 0 Å². The topological polar surface area (TPSA) is 64.8 Å². The van der Waals surface area contributed by atoms with Crippen molar-refractivity contribution in [2.45, 2.75) is 32.8 Å². The fraction of sp³-hybridized carbons (Fsp3) is 0.269. The maximum atomic E-state index is 13.5. The number of carbonyl (C=O) groups is 1. The summed E-state index contributed by atoms with van der Waals surface area (Å²) in [6.07, 6.45) is -5.14. The molecule has 0 radical (unpaired) electrons. The first kappa shape index (κ1) is 25.1. The molecule has 0 aliphatic heterocycles. The molecule has 0 saturated carbocycles. The zero-order valence-electron chi connectivity index (χ0n) is 19.1. The second-order valence-corrected chi connectivity index (χ2v) is 7.66. The molecule has 0 fully saturated rings. The molecule has 0 unspecified atom stereocenters. The lowest BCUT2D eigenvalue weighted by Crippen LogP contribution is -2.31. The largest absolute Gasteiger partial charge is 0.496 e. The summed E-state index contributed by atoms with van der Waals surface area (Å²) in [4.78, 5) is 14.1. The van der Waals surface area contributed by atoms with Crippen molar-refractivity contribution in [3.8, 4) is 16.9 Å². The van der Waals surface area contributed by atoms with Crippen LogP contribution >= 0.6 is 0 Å². The smallest absolute Gasteiger partial charge is 0.416 e. The van der Waals surface area contributed by atoms with Crippen LogP contribution in [0.15, 0.2) is 66.7 Å². The molecule has 3 rings (SSSR count). The number of methoxy groups -OCH3 is 1. The van der Waals surface area contributed by atoms with Gasteiger partial charge in [-0.15, -0.1) is 0 Å². The number of nitrogens with zero attached hydrogens (tertiary/aromatic N) is 1. The summed E-state index contributed by atoms with van der Waals surface area (Å²) in [6.45, 7) is 2.26. The van der Waals surface area contributed by atoms with E-state index in [0.29, 0.717) is 22.4 Å². The summed E-state index contributed by atoms with van der Waals surface area (Å²) in [5, 5.41) is 0. The standard InChI is InChI=1S/C26H27F3N2O3/c1-3-31(25(32)34-17-18-7-5-4-6-8-18)16-20-14-21(26(27,28)29)10-11-22(20)23-13-19(15-30)9-12-24(23)33-2/h4-14H,3,15-17,30H2,1-2H3. The van der Waals surface area contributed by atoms with E-state index in [1.807, 2.05) is 30.3 Å². The highest BCUT2D eigenvalue weighted by Gasteiger charge is 2.31. The van der Waals surface area contributed by atoms with Gasteiger partial charge in [0.05, 0.1) is 12.7 Å². The summed E-state index contributed by atoms with van der Waals surface area (Å²) in [5.41, 5.74) is 8.03. The number of nitrogens with two attached hydrogens (primary N) is 1. The van der Waals surface area contributed by atoms with E-state index in [9.17, 15) is 18.0 Å². The zero-order chi connectivity index (χ0) is 24.7. The van der Waals surface area contributed by atoms with Crippen LogP contribution in [-0.2, 0) is 30.6 Å². The molecule has 5 nitrogen and oxygen atoms in total. The molecule has 0 heterocycles. The van der Waals surface area contributed by atoms with Gasteiger partial charge in [-0.3, -0.25) is 0 Å². The minimum Gasteiger partial charge on any atom is -0.496 e. The Bertz CT molecular complexity index is 1120. The second kappa shape index (κ2) is 11.1. The fourth-order valence-electron chi connectivity index (χ4n) is 3.58. The number of benzene rings is 3. The van der Waals surface area contributed by atoms with Crippen LogP contribution in [0.4, 0.5) is 18.0 Å². The van der Waals surface area contributed by atoms with Crippen molar-refractivity contribution < 1.29 is 27.4 Å². The number of hydrogen-bond donors (Lipinski definition) is 1. The molecule has 180 valence electrons. The normalized spacial score (nSPS) is 11.2. The Balaban J connectivity index is 1.97. The maximum absolute atomic E-state index is 13.5. The van der Waals surface area contributed by atoms with Crippen LogP contribution in [0.25, 0.3) is 11.1 Å². The highest BCUT2D eigenvalue weighted by molar-refractivity contribution is 5.75. The van der Waals surface area contributed by atoms with Gasteiger partial charge in [-0.1, -0.05) is 42.5 Å². The minimum absolute atomic E-state index is 0.0674. The van der Waals surface area contributed by atoms with Crippen molar-refractivity contribution in [2.75, 3.05) is 13.7 Å². The van der Waals surface area contributed by atoms with Gasteiger partial charge in [-0.25, -0.2) is 4.79 Å². The molecule has 2 N–H and O–H groups in total. The molecule has 3 aromatic rings. The Morgan fingerprint density at radius 3 is 2.32 bits per heavy atom. The van der Waals surface area contributed by atoms with E-state index in [2.05, 4.69) is 0 Å². The summed E-state index contributed by atoms with van der Waals surface area (Å²) < 4.78 is 51.4. The van der Waals surface area contributed by atoms with Crippen LogP contribution in [0, 0.1) is 0 Å². The number of carbonyl (C=O) groups excluding carboxylic acids is 1. The Hall–Kier alpha value is -3.52. The number of halogens is 3. The molecule has 0 saturated heterocycles. The van der Waals surface area contributed by atoms with E-state index in [4.69, 9.17) is 15.2 Å². The third kappa shape index (κ3) is 6.08. The van der Waals surface area contributed by atoms with Gasteiger partial charge >= 0.3 is 12.3 Å². The molecule has 0 spiro atoms. The molecule has 0 atom stereocenters. The Morgan fingerprint density at radius 2 is 1.71 bits per heavy atom. The predicted molar refractivity (Wildman–Crippen MR) is 124 cm³/mol. The Kier molecular flexibility index (Phi) is 8.17. The lowest BCUT2D eigenvalue weighted by Gasteiger charge is -2.23. The van der Waals surface area contributed by atoms with Crippen molar-refractivity contribution in [1.29, 1.82) is 0 Å². The van der Waals surface area contributed by atoms with Crippen molar-refractivity contribution in [3.05, 3.63) is 89.0 Å². The monoisotopic (exact) mass is 472 g/mol. The maximum Gasteiger partial charge on any atom is 0.416 e. The van der Waals surface area contributed by atoms with Gasteiger partial charge in [0.25, 0.3) is 0 Å². The molecule has 3 aromatic carbocycles. The Morgan fingerprint density at radius 1 is 0.971 bits per heavy atom. The zero-order valence-corrected chi connectivity index (χ0v) is 19.1. The lowest BCUT2D eigenvalue weighted by atomic mass is 9.94. The van der Waals surface area contributed by atoms with E-state index in [0.717, 1.165) is 23.3 Å². The first-order valence-corrected chi connectivity index (χ1v) is 10.8. The summed E-state index contributed by atoms with van der Waals surface area (Å²) in [7, 11) is 1.49. The third-order valence-electron chi connectivity index (χ3n) is 5.43. The van der Waals surface area contributed by atoms with Gasteiger partial charge in [0.1, 0.15) is 12.4 Å². The molecule has 0 bridgehead atoms. The molecule has 1 amide bonds. The lowest BCUT2D eigenvalue weighted by molar-refractivity contribution is -0.137. The SMILES string of the molecule is CCN(Cc1cc(C(F)(F)F)ccc1-c1cc(CN)ccc1OC)C(=O)OCc1ccccc1. The number of rotatable bonds is 8. The highest BCUT2D eigenvalue weighted by atomic mass is 19.4. The highest BCUT2D eigenvalue weighted by Crippen LogP contribution is 2.37. The minimum atomic E-state index is -4.53. The van der Waals surface area contributed by atoms with Gasteiger partial charge in [0.2, 0.25) is 0 Å². The van der Waals surface area contributed by atoms with Crippen LogP contribution < -0.4 is 10.5 Å². The van der Waals surface area contributed by atoms with E-state index >= 15 is 0 Å². The van der Waals surface area contributed by atoms with E-state index < -0.39 is 17.8 Å². The van der Waals surface area contributed by atoms with Crippen molar-refractivity contribution in [3.63, 3.8) is 0 Å². The van der Waals surface area contributed by atoms with Crippen LogP contribution in [0.5, 0.6) is 5.75 Å². The fourth-order valence-corrected chi connectivity index (χ4v) is 3.58. The molecular formula is C26H27F3N2O3. The van der Waals surface area contributed by atoms with Gasteiger partial charge in [0, 0.05) is 25.2 Å². The molecule has 0 aliphatic carbocycles. The predicted octanol–water partition coefficient (Wildman–Crippen LogP) is 6.00. The van der Waals surface area contributed by atoms with Crippen LogP contribution in [-0.4, -0.2) is 24.6 Å². The molecule has 8 heteroatoms. The average Bonchev–Trinajstić information content (AvgIpc) is 2.85. The first-order valence-electron chi connectivity index (χ1n) is 10.8. The van der Waals surface area contributed by atoms with Crippen molar-refractivity contribution in [2.24, 2.45) is 5.73 Å². The molecule has 0 aliphatic rings. The summed E-state index contributed by atoms with van der Waals surface area (Å²) in [6, 6.07) is 18.0. The van der Waals surface area contributed by atoms with E-state index in [1.165, 1.54) is 18.1 Å². The quantitative estimate of drug-likeness (QED) is 0.437. The summed E-state index contributed by atoms with van der Waals surface area (Å²) >= 11 is 0. The van der Waals surface area contributed by atoms with E-state index in [1.54, 1.807) is 25.1 Å². The van der Waals surface area contributed by atoms with Gasteiger partial charge in [-0.05, 0) is 53.4 Å². The number of alkyl halides is 3. The molecular weight excluding hydrogens is 445 g/mol. The van der Waals surface area contributed by atoms with Crippen molar-refractivity contribution >= 4 is 6.09 Å². The summed E-state index contributed by atoms with van der Waals surface area (Å²) in [5.74, 6) is 0.493. The van der Waals surface area contributed by atoms with Crippen LogP contribution in [0.3, 0.4) is 0 Å². The van der Waals surface area contributed by atoms with Gasteiger partial charge in [-0.2, -0.15) is 13.2 Å². The molecule has 34 heavy (non-hydrogen) atoms. The number of hydrogen-bond acceptors (Lipinski definition) is 4. The van der Waals surface area contributed by atoms with Gasteiger partial charge < -0.3 is 20.1 Å². The third-order valence-corrected chi connectivity index (χ3v) is 5.43.